The Kier molecular flexibility index (Phi) is 4.96. The van der Waals surface area contributed by atoms with Crippen LogP contribution in [0.3, 0.4) is 0 Å². The molecule has 0 aliphatic rings. The zero-order valence-corrected chi connectivity index (χ0v) is 15.6. The van der Waals surface area contributed by atoms with Gasteiger partial charge in [0.05, 0.1) is 0 Å². The van der Waals surface area contributed by atoms with Gasteiger partial charge in [0.1, 0.15) is 0 Å². The van der Waals surface area contributed by atoms with E-state index in [0.29, 0.717) is 0 Å². The molecule has 0 bridgehead atoms. The van der Waals surface area contributed by atoms with Crippen molar-refractivity contribution in [2.24, 2.45) is 7.05 Å². The molecule has 1 rings (SSSR count). The van der Waals surface area contributed by atoms with E-state index in [1.165, 1.54) is 6.07 Å². The summed E-state index contributed by atoms with van der Waals surface area (Å²) in [5.74, 6) is 0. The molecule has 0 amide bonds. The molecule has 0 saturated heterocycles. The van der Waals surface area contributed by atoms with E-state index in [0.717, 1.165) is 5.69 Å². The van der Waals surface area contributed by atoms with Crippen molar-refractivity contribution in [2.75, 3.05) is 0 Å². The number of aryl methyl sites for hydroxylation is 2. The van der Waals surface area contributed by atoms with Gasteiger partial charge >= 0.3 is 0 Å². The number of hydrogen-bond donors (Lipinski definition) is 0. The van der Waals surface area contributed by atoms with Crippen LogP contribution in [0.25, 0.3) is 0 Å². The number of aromatic nitrogens is 1. The minimum atomic E-state index is -0.106. The summed E-state index contributed by atoms with van der Waals surface area (Å²) < 4.78 is 1.72. The average molecular weight is 574 g/mol. The first-order valence-corrected chi connectivity index (χ1v) is 2.68. The van der Waals surface area contributed by atoms with E-state index in [4.69, 9.17) is 0 Å². The Morgan fingerprint density at radius 3 is 2.45 bits per heavy atom. The third-order valence-electron chi connectivity index (χ3n) is 1.20. The van der Waals surface area contributed by atoms with Crippen LogP contribution in [0.2, 0.25) is 0 Å². The maximum absolute atomic E-state index is 10.5. The second-order valence-electron chi connectivity index (χ2n) is 1.91. The van der Waals surface area contributed by atoms with Crippen LogP contribution in [0.1, 0.15) is 5.69 Å². The molecular formula is C7H7NOReRf-2. The van der Waals surface area contributed by atoms with Gasteiger partial charge in [-0.1, -0.05) is 6.92 Å². The first-order valence-electron chi connectivity index (χ1n) is 2.68. The van der Waals surface area contributed by atoms with E-state index in [2.05, 4.69) is 12.3 Å². The second-order valence-corrected chi connectivity index (χ2v) is 1.91. The molecule has 0 atom stereocenters. The number of nitrogens with zero attached hydrogens (tertiary/aromatic N) is 1. The zero-order valence-electron chi connectivity index (χ0n) is 6.52. The molecule has 0 N–H and O–H groups in total. The van der Waals surface area contributed by atoms with Crippen molar-refractivity contribution in [3.8, 4) is 0 Å². The maximum Gasteiger partial charge on any atom is 0 e. The van der Waals surface area contributed by atoms with Crippen LogP contribution >= 0.6 is 0 Å². The van der Waals surface area contributed by atoms with Gasteiger partial charge in [0.15, 0.2) is 0 Å². The van der Waals surface area contributed by atoms with E-state index in [-0.39, 0.29) is 25.9 Å². The SMILES string of the molecule is Cc1[c-]c(=O)c[c-]n1C.[Re].[Rf]. The summed E-state index contributed by atoms with van der Waals surface area (Å²) in [5, 5.41) is 0. The fourth-order valence-electron chi connectivity index (χ4n) is 0.551. The molecule has 1 aromatic rings. The summed E-state index contributed by atoms with van der Waals surface area (Å²) in [6, 6.07) is 3.98. The molecule has 4 heteroatoms. The monoisotopic (exact) mass is 575 g/mol. The first kappa shape index (κ1) is 12.3. The Balaban J connectivity index is 0. The van der Waals surface area contributed by atoms with Crippen molar-refractivity contribution in [2.45, 2.75) is 6.92 Å². The summed E-state index contributed by atoms with van der Waals surface area (Å²) in [6.07, 6.45) is 2.74. The van der Waals surface area contributed by atoms with Crippen LogP contribution in [0.15, 0.2) is 10.9 Å². The van der Waals surface area contributed by atoms with Crippen molar-refractivity contribution < 1.29 is 20.4 Å². The standard InChI is InChI=1S/C7H7NO.Re.Rf/c1-6-5-7(9)3-4-8(6)2;;/h3H,1-2H3;;/q-2;;. The Morgan fingerprint density at radius 2 is 2.09 bits per heavy atom. The molecule has 0 spiro atoms. The fourth-order valence-corrected chi connectivity index (χ4v) is 0.551. The van der Waals surface area contributed by atoms with Crippen LogP contribution in [0.5, 0.6) is 0 Å². The van der Waals surface area contributed by atoms with Crippen LogP contribution in [0.4, 0.5) is 0 Å². The van der Waals surface area contributed by atoms with E-state index >= 15 is 0 Å². The molecule has 0 fully saturated rings. The van der Waals surface area contributed by atoms with Gasteiger partial charge in [-0.2, -0.15) is 5.69 Å². The zero-order chi connectivity index (χ0) is 6.85. The van der Waals surface area contributed by atoms with Gasteiger partial charge in [0.25, 0.3) is 0 Å². The molecule has 1 radical (unpaired) electrons. The molecule has 0 aliphatic carbocycles. The molecule has 1 heterocycles. The summed E-state index contributed by atoms with van der Waals surface area (Å²) >= 11 is 0. The van der Waals surface area contributed by atoms with E-state index in [1.54, 1.807) is 4.57 Å². The molecule has 0 unspecified atom stereocenters. The molecule has 0 aliphatic heterocycles. The van der Waals surface area contributed by atoms with Crippen molar-refractivity contribution >= 4 is 0 Å². The summed E-state index contributed by atoms with van der Waals surface area (Å²) in [5.41, 5.74) is 0.702. The molecule has 1 aromatic heterocycles. The van der Waals surface area contributed by atoms with Crippen molar-refractivity contribution in [3.05, 3.63) is 34.2 Å². The van der Waals surface area contributed by atoms with E-state index in [9.17, 15) is 4.79 Å². The average Bonchev–Trinajstić information content (AvgIpc) is 1.80. The molecule has 57 valence electrons. The minimum Gasteiger partial charge on any atom is -0.495 e. The van der Waals surface area contributed by atoms with Gasteiger partial charge in [-0.15, -0.1) is 5.43 Å². The number of pyridine rings is 1. The van der Waals surface area contributed by atoms with Crippen LogP contribution < -0.4 is 5.43 Å². The van der Waals surface area contributed by atoms with Gasteiger partial charge < -0.3 is 15.4 Å². The minimum absolute atomic E-state index is 0. The summed E-state index contributed by atoms with van der Waals surface area (Å²) in [7, 11) is 1.82. The van der Waals surface area contributed by atoms with Gasteiger partial charge in [0, 0.05) is 20.4 Å². The van der Waals surface area contributed by atoms with Crippen molar-refractivity contribution in [1.82, 2.24) is 4.57 Å². The fraction of sp³-hybridized carbons (Fsp3) is 0.286. The van der Waals surface area contributed by atoms with Gasteiger partial charge in [-0.25, -0.2) is 6.20 Å². The van der Waals surface area contributed by atoms with Crippen molar-refractivity contribution in [1.29, 1.82) is 0 Å². The number of rotatable bonds is 0. The third kappa shape index (κ3) is 2.79. The molecule has 0 aromatic carbocycles. The van der Waals surface area contributed by atoms with Crippen LogP contribution in [-0.4, -0.2) is 4.57 Å². The van der Waals surface area contributed by atoms with Crippen molar-refractivity contribution in [3.63, 3.8) is 0 Å². The maximum atomic E-state index is 10.5. The topological polar surface area (TPSA) is 22.0 Å². The third-order valence-corrected chi connectivity index (χ3v) is 1.20. The second kappa shape index (κ2) is 4.43. The Morgan fingerprint density at radius 1 is 1.55 bits per heavy atom. The smallest absolute Gasteiger partial charge is 0 e. The summed E-state index contributed by atoms with van der Waals surface area (Å²) in [6.45, 7) is 1.82. The van der Waals surface area contributed by atoms with Crippen LogP contribution in [-0.2, 0) is 27.5 Å². The van der Waals surface area contributed by atoms with E-state index in [1.807, 2.05) is 14.0 Å². The largest absolute Gasteiger partial charge is 0.495 e. The van der Waals surface area contributed by atoms with Gasteiger partial charge in [-0.05, 0) is 7.05 Å². The predicted octanol–water partition coefficient (Wildman–Crippen LogP) is 0.292. The molecular weight excluding hydrogens is 567 g/mol. The molecule has 2 nitrogen and oxygen atoms in total. The predicted molar refractivity (Wildman–Crippen MR) is 34.1 cm³/mol. The Hall–Kier alpha value is -1.39. The molecule has 0 saturated carbocycles. The Labute approximate surface area is 73.5 Å². The molecule has 11 heavy (non-hydrogen) atoms. The summed E-state index contributed by atoms with van der Waals surface area (Å²) in [4.78, 5) is 10.5. The number of hydrogen-bond acceptors (Lipinski definition) is 1. The van der Waals surface area contributed by atoms with Gasteiger partial charge in [0.2, 0.25) is 0 Å². The van der Waals surface area contributed by atoms with E-state index < -0.39 is 0 Å². The Bertz CT molecular complexity index is 271. The normalized spacial score (nSPS) is 7.82. The van der Waals surface area contributed by atoms with Gasteiger partial charge in [-0.3, -0.25) is 6.07 Å². The quantitative estimate of drug-likeness (QED) is 0.409. The van der Waals surface area contributed by atoms with Crippen LogP contribution in [0, 0.1) is 19.2 Å². The first-order chi connectivity index (χ1) is 4.20.